The fourth-order valence-corrected chi connectivity index (χ4v) is 4.34. The van der Waals surface area contributed by atoms with Crippen molar-refractivity contribution in [3.8, 4) is 11.5 Å². The molecule has 2 unspecified atom stereocenters. The van der Waals surface area contributed by atoms with Crippen LogP contribution in [0, 0.1) is 11.6 Å². The number of hydrogen-bond acceptors (Lipinski definition) is 12. The SMILES string of the molecule is CCCNCCOc1cc(F)cc(S(C)(=O)=O)c1.CCCNCCOc1cc(F)cc(S(C)(=O)=O)c1.O=C(O)C(O)C(O)C(=O)O. The molecule has 46 heavy (non-hydrogen) atoms. The third-order valence-corrected chi connectivity index (χ3v) is 7.48. The molecule has 2 aromatic rings. The summed E-state index contributed by atoms with van der Waals surface area (Å²) in [7, 11) is -6.85. The van der Waals surface area contributed by atoms with Crippen LogP contribution in [0.2, 0.25) is 0 Å². The minimum Gasteiger partial charge on any atom is -0.492 e. The van der Waals surface area contributed by atoms with E-state index >= 15 is 0 Å². The number of halogens is 2. The predicted octanol–water partition coefficient (Wildman–Crippen LogP) is 1.09. The highest BCUT2D eigenvalue weighted by Crippen LogP contribution is 2.21. The first-order chi connectivity index (χ1) is 21.3. The number of carbonyl (C=O) groups is 2. The summed E-state index contributed by atoms with van der Waals surface area (Å²) in [6.07, 6.45) is -0.408. The zero-order valence-electron chi connectivity index (χ0n) is 25.9. The molecule has 0 fully saturated rings. The van der Waals surface area contributed by atoms with Gasteiger partial charge in [0, 0.05) is 37.7 Å². The normalized spacial score (nSPS) is 12.4. The van der Waals surface area contributed by atoms with Crippen LogP contribution in [0.1, 0.15) is 26.7 Å². The van der Waals surface area contributed by atoms with E-state index in [1.165, 1.54) is 24.3 Å². The number of benzene rings is 2. The van der Waals surface area contributed by atoms with Crippen molar-refractivity contribution in [1.29, 1.82) is 0 Å². The van der Waals surface area contributed by atoms with Gasteiger partial charge in [-0.2, -0.15) is 0 Å². The van der Waals surface area contributed by atoms with Gasteiger partial charge in [-0.05, 0) is 50.2 Å². The number of carboxylic acid groups (broad SMARTS) is 2. The van der Waals surface area contributed by atoms with Crippen LogP contribution in [0.5, 0.6) is 11.5 Å². The van der Waals surface area contributed by atoms with E-state index in [2.05, 4.69) is 24.5 Å². The molecule has 262 valence electrons. The lowest BCUT2D eigenvalue weighted by molar-refractivity contribution is -0.165. The molecule has 0 heterocycles. The number of sulfone groups is 2. The summed E-state index contributed by atoms with van der Waals surface area (Å²) in [6, 6.07) is 6.98. The first-order valence-corrected chi connectivity index (χ1v) is 17.6. The summed E-state index contributed by atoms with van der Waals surface area (Å²) in [4.78, 5) is 19.4. The number of aliphatic carboxylic acids is 2. The van der Waals surface area contributed by atoms with E-state index in [-0.39, 0.29) is 21.3 Å². The van der Waals surface area contributed by atoms with Crippen molar-refractivity contribution in [2.45, 2.75) is 48.7 Å². The smallest absolute Gasteiger partial charge is 0.335 e. The molecular formula is C28H42F2N2O12S2. The van der Waals surface area contributed by atoms with Crippen molar-refractivity contribution >= 4 is 31.6 Å². The van der Waals surface area contributed by atoms with E-state index < -0.39 is 55.5 Å². The lowest BCUT2D eigenvalue weighted by Gasteiger charge is -2.08. The first kappa shape index (κ1) is 42.6. The summed E-state index contributed by atoms with van der Waals surface area (Å²) < 4.78 is 82.3. The fourth-order valence-electron chi connectivity index (χ4n) is 3.02. The Hall–Kier alpha value is -3.42. The van der Waals surface area contributed by atoms with Crippen molar-refractivity contribution in [2.75, 3.05) is 51.9 Å². The van der Waals surface area contributed by atoms with Crippen molar-refractivity contribution in [2.24, 2.45) is 0 Å². The van der Waals surface area contributed by atoms with Gasteiger partial charge in [-0.25, -0.2) is 35.2 Å². The Morgan fingerprint density at radius 2 is 1.00 bits per heavy atom. The molecular weight excluding hydrogens is 658 g/mol. The molecule has 0 saturated heterocycles. The Bertz CT molecular complexity index is 1350. The van der Waals surface area contributed by atoms with Crippen molar-refractivity contribution < 1.29 is 65.1 Å². The minimum absolute atomic E-state index is 0.0704. The number of aliphatic hydroxyl groups is 2. The van der Waals surface area contributed by atoms with Gasteiger partial charge in [0.2, 0.25) is 0 Å². The molecule has 2 rings (SSSR count). The van der Waals surface area contributed by atoms with Crippen LogP contribution in [-0.2, 0) is 29.3 Å². The van der Waals surface area contributed by atoms with Gasteiger partial charge in [0.1, 0.15) is 36.3 Å². The topological polar surface area (TPSA) is 226 Å². The number of rotatable bonds is 17. The molecule has 0 aliphatic heterocycles. The Balaban J connectivity index is 0.000000691. The maximum absolute atomic E-state index is 13.2. The zero-order valence-corrected chi connectivity index (χ0v) is 27.5. The molecule has 0 bridgehead atoms. The molecule has 6 N–H and O–H groups in total. The van der Waals surface area contributed by atoms with Gasteiger partial charge < -0.3 is 40.5 Å². The van der Waals surface area contributed by atoms with Crippen LogP contribution in [0.25, 0.3) is 0 Å². The molecule has 0 radical (unpaired) electrons. The van der Waals surface area contributed by atoms with Gasteiger partial charge in [-0.1, -0.05) is 13.8 Å². The Morgan fingerprint density at radius 3 is 1.26 bits per heavy atom. The van der Waals surface area contributed by atoms with Gasteiger partial charge in [0.05, 0.1) is 9.79 Å². The molecule has 2 atom stereocenters. The van der Waals surface area contributed by atoms with Crippen LogP contribution in [-0.4, -0.2) is 113 Å². The summed E-state index contributed by atoms with van der Waals surface area (Å²) in [5.74, 6) is -4.31. The van der Waals surface area contributed by atoms with Crippen molar-refractivity contribution in [3.05, 3.63) is 48.0 Å². The minimum atomic E-state index is -3.42. The van der Waals surface area contributed by atoms with Gasteiger partial charge >= 0.3 is 11.9 Å². The van der Waals surface area contributed by atoms with Crippen molar-refractivity contribution in [1.82, 2.24) is 10.6 Å². The van der Waals surface area contributed by atoms with Crippen molar-refractivity contribution in [3.63, 3.8) is 0 Å². The van der Waals surface area contributed by atoms with E-state index in [4.69, 9.17) is 29.9 Å². The molecule has 0 aromatic heterocycles. The zero-order chi connectivity index (χ0) is 35.5. The summed E-state index contributed by atoms with van der Waals surface area (Å²) in [5, 5.41) is 38.8. The van der Waals surface area contributed by atoms with E-state index in [9.17, 15) is 35.2 Å². The van der Waals surface area contributed by atoms with Crippen LogP contribution in [0.3, 0.4) is 0 Å². The summed E-state index contributed by atoms with van der Waals surface area (Å²) in [6.45, 7) is 7.90. The predicted molar refractivity (Wildman–Crippen MR) is 164 cm³/mol. The van der Waals surface area contributed by atoms with Crippen LogP contribution >= 0.6 is 0 Å². The van der Waals surface area contributed by atoms with E-state index in [1.807, 2.05) is 0 Å². The molecule has 2 aromatic carbocycles. The van der Waals surface area contributed by atoms with E-state index in [0.29, 0.717) is 26.3 Å². The second kappa shape index (κ2) is 21.4. The van der Waals surface area contributed by atoms with Gasteiger partial charge in [-0.15, -0.1) is 0 Å². The van der Waals surface area contributed by atoms with E-state index in [0.717, 1.165) is 50.6 Å². The van der Waals surface area contributed by atoms with Crippen LogP contribution < -0.4 is 20.1 Å². The summed E-state index contributed by atoms with van der Waals surface area (Å²) >= 11 is 0. The first-order valence-electron chi connectivity index (χ1n) is 13.8. The lowest BCUT2D eigenvalue weighted by atomic mass is 10.2. The summed E-state index contributed by atoms with van der Waals surface area (Å²) in [5.41, 5.74) is 0. The average Bonchev–Trinajstić information content (AvgIpc) is 2.95. The lowest BCUT2D eigenvalue weighted by Crippen LogP contribution is -2.39. The Labute approximate surface area is 267 Å². The highest BCUT2D eigenvalue weighted by atomic mass is 32.2. The van der Waals surface area contributed by atoms with E-state index in [1.54, 1.807) is 0 Å². The highest BCUT2D eigenvalue weighted by Gasteiger charge is 2.29. The monoisotopic (exact) mass is 700 g/mol. The average molecular weight is 701 g/mol. The molecule has 0 aliphatic rings. The number of hydrogen-bond donors (Lipinski definition) is 6. The largest absolute Gasteiger partial charge is 0.492 e. The second-order valence-corrected chi connectivity index (χ2v) is 13.6. The molecule has 0 saturated carbocycles. The van der Waals surface area contributed by atoms with Gasteiger partial charge in [0.25, 0.3) is 0 Å². The van der Waals surface area contributed by atoms with Gasteiger partial charge in [0.15, 0.2) is 31.9 Å². The van der Waals surface area contributed by atoms with Gasteiger partial charge in [-0.3, -0.25) is 0 Å². The Kier molecular flexibility index (Phi) is 19.8. The molecule has 0 aliphatic carbocycles. The molecule has 14 nitrogen and oxygen atoms in total. The fraction of sp³-hybridized carbons (Fsp3) is 0.500. The Morgan fingerprint density at radius 1 is 0.674 bits per heavy atom. The highest BCUT2D eigenvalue weighted by molar-refractivity contribution is 7.91. The number of ether oxygens (including phenoxy) is 2. The number of nitrogens with one attached hydrogen (secondary N) is 2. The number of carboxylic acids is 2. The maximum atomic E-state index is 13.2. The molecule has 18 heteroatoms. The molecule has 0 amide bonds. The third kappa shape index (κ3) is 18.5. The second-order valence-electron chi connectivity index (χ2n) is 9.55. The molecule has 0 spiro atoms. The van der Waals surface area contributed by atoms with Crippen LogP contribution in [0.4, 0.5) is 8.78 Å². The van der Waals surface area contributed by atoms with Crippen LogP contribution in [0.15, 0.2) is 46.2 Å². The third-order valence-electron chi connectivity index (χ3n) is 5.30. The number of aliphatic hydroxyl groups excluding tert-OH is 2. The standard InChI is InChI=1S/2C12H18FNO3S.C4H6O6/c2*1-3-4-14-5-6-17-11-7-10(13)8-12(9-11)18(2,15)16;5-1(3(7)8)2(6)4(9)10/h2*7-9,14H,3-6H2,1-2H3;1-2,5-6H,(H,7,8)(H,9,10). The quantitative estimate of drug-likeness (QED) is 0.127. The maximum Gasteiger partial charge on any atom is 0.335 e.